The van der Waals surface area contributed by atoms with Crippen LogP contribution in [0.5, 0.6) is 0 Å². The van der Waals surface area contributed by atoms with Crippen LogP contribution < -0.4 is 5.32 Å². The fraction of sp³-hybridized carbons (Fsp3) is 0.579. The third kappa shape index (κ3) is 10.0. The van der Waals surface area contributed by atoms with Gasteiger partial charge >= 0.3 is 0 Å². The zero-order chi connectivity index (χ0) is 17.5. The van der Waals surface area contributed by atoms with Crippen molar-refractivity contribution in [1.29, 1.82) is 0 Å². The van der Waals surface area contributed by atoms with Gasteiger partial charge in [-0.1, -0.05) is 75.8 Å². The largest absolute Gasteiger partial charge is 0.336 e. The maximum absolute atomic E-state index is 11.8. The second-order valence-corrected chi connectivity index (χ2v) is 5.91. The third-order valence-electron chi connectivity index (χ3n) is 3.80. The summed E-state index contributed by atoms with van der Waals surface area (Å²) in [6, 6.07) is 9.58. The summed E-state index contributed by atoms with van der Waals surface area (Å²) in [5.74, 6) is -0.0429. The van der Waals surface area contributed by atoms with Crippen LogP contribution in [0.15, 0.2) is 30.3 Å². The molecule has 0 aliphatic carbocycles. The number of hydroxylamine groups is 2. The maximum atomic E-state index is 11.8. The number of hydrogen-bond acceptors (Lipinski definition) is 3. The van der Waals surface area contributed by atoms with Gasteiger partial charge < -0.3 is 5.32 Å². The van der Waals surface area contributed by atoms with E-state index >= 15 is 0 Å². The summed E-state index contributed by atoms with van der Waals surface area (Å²) in [7, 11) is 0. The number of carbonyl (C=O) groups excluding carboxylic acids is 2. The number of nitrogens with one attached hydrogen (secondary N) is 1. The van der Waals surface area contributed by atoms with E-state index in [-0.39, 0.29) is 12.6 Å². The van der Waals surface area contributed by atoms with Crippen molar-refractivity contribution >= 4 is 12.3 Å². The maximum Gasteiger partial charge on any atom is 0.235 e. The highest BCUT2D eigenvalue weighted by atomic mass is 16.7. The lowest BCUT2D eigenvalue weighted by Gasteiger charge is -2.17. The lowest BCUT2D eigenvalue weighted by molar-refractivity contribution is -0.180. The number of amides is 2. The van der Waals surface area contributed by atoms with Crippen LogP contribution in [0.3, 0.4) is 0 Å². The zero-order valence-corrected chi connectivity index (χ0v) is 14.7. The first-order chi connectivity index (χ1) is 11.8. The first-order valence-corrected chi connectivity index (χ1v) is 8.91. The first-order valence-electron chi connectivity index (χ1n) is 8.91. The highest BCUT2D eigenvalue weighted by molar-refractivity contribution is 5.75. The fourth-order valence-corrected chi connectivity index (χ4v) is 2.34. The molecule has 5 heteroatoms. The second kappa shape index (κ2) is 13.5. The lowest BCUT2D eigenvalue weighted by atomic mass is 10.1. The average Bonchev–Trinajstić information content (AvgIpc) is 2.62. The Morgan fingerprint density at radius 2 is 1.75 bits per heavy atom. The van der Waals surface area contributed by atoms with E-state index in [9.17, 15) is 9.59 Å². The van der Waals surface area contributed by atoms with E-state index in [0.717, 1.165) is 23.5 Å². The van der Waals surface area contributed by atoms with Crippen molar-refractivity contribution in [1.82, 2.24) is 10.4 Å². The molecular weight excluding hydrogens is 304 g/mol. The number of rotatable bonds is 14. The molecule has 1 aromatic rings. The standard InChI is InChI=1S/C19H30N2O3/c1-2-3-4-5-6-7-11-14-19(23)20-16-21(17-22)24-15-18-12-9-8-10-13-18/h8-10,12-13,17H,2-7,11,14-16H2,1H3,(H,20,23). The van der Waals surface area contributed by atoms with Crippen molar-refractivity contribution in [2.24, 2.45) is 0 Å². The summed E-state index contributed by atoms with van der Waals surface area (Å²) >= 11 is 0. The summed E-state index contributed by atoms with van der Waals surface area (Å²) in [5.41, 5.74) is 0.971. The van der Waals surface area contributed by atoms with Crippen LogP contribution in [0.25, 0.3) is 0 Å². The van der Waals surface area contributed by atoms with E-state index in [4.69, 9.17) is 4.84 Å². The van der Waals surface area contributed by atoms with Gasteiger partial charge in [0.15, 0.2) is 0 Å². The Hall–Kier alpha value is -1.88. The molecular formula is C19H30N2O3. The molecule has 0 aromatic heterocycles. The molecule has 5 nitrogen and oxygen atoms in total. The van der Waals surface area contributed by atoms with E-state index in [1.165, 1.54) is 32.1 Å². The Morgan fingerprint density at radius 3 is 2.42 bits per heavy atom. The van der Waals surface area contributed by atoms with Crippen molar-refractivity contribution in [3.05, 3.63) is 35.9 Å². The Labute approximate surface area is 145 Å². The molecule has 0 aliphatic rings. The van der Waals surface area contributed by atoms with Gasteiger partial charge in [-0.3, -0.25) is 14.4 Å². The molecule has 0 heterocycles. The van der Waals surface area contributed by atoms with Gasteiger partial charge in [0.1, 0.15) is 13.3 Å². The summed E-state index contributed by atoms with van der Waals surface area (Å²) in [6.07, 6.45) is 9.33. The van der Waals surface area contributed by atoms with Gasteiger partial charge in [-0.25, -0.2) is 5.06 Å². The smallest absolute Gasteiger partial charge is 0.235 e. The van der Waals surface area contributed by atoms with Gasteiger partial charge in [0.05, 0.1) is 0 Å². The zero-order valence-electron chi connectivity index (χ0n) is 14.7. The van der Waals surface area contributed by atoms with Crippen LogP contribution in [0.4, 0.5) is 0 Å². The summed E-state index contributed by atoms with van der Waals surface area (Å²) in [4.78, 5) is 28.1. The number of hydrogen-bond donors (Lipinski definition) is 1. The van der Waals surface area contributed by atoms with E-state index in [0.29, 0.717) is 19.4 Å². The number of carbonyl (C=O) groups is 2. The number of benzene rings is 1. The Kier molecular flexibility index (Phi) is 11.4. The molecule has 0 radical (unpaired) electrons. The molecule has 1 rings (SSSR count). The molecule has 0 bridgehead atoms. The predicted octanol–water partition coefficient (Wildman–Crippen LogP) is 3.79. The molecule has 1 aromatic carbocycles. The van der Waals surface area contributed by atoms with Gasteiger partial charge in [0, 0.05) is 6.42 Å². The highest BCUT2D eigenvalue weighted by Gasteiger charge is 2.06. The average molecular weight is 334 g/mol. The normalized spacial score (nSPS) is 10.4. The van der Waals surface area contributed by atoms with Gasteiger partial charge in [-0.05, 0) is 12.0 Å². The minimum atomic E-state index is -0.0429. The van der Waals surface area contributed by atoms with Crippen LogP contribution >= 0.6 is 0 Å². The minimum Gasteiger partial charge on any atom is -0.336 e. The Balaban J connectivity index is 2.07. The quantitative estimate of drug-likeness (QED) is 0.244. The molecule has 0 unspecified atom stereocenters. The van der Waals surface area contributed by atoms with E-state index < -0.39 is 0 Å². The summed E-state index contributed by atoms with van der Waals surface area (Å²) in [6.45, 7) is 2.58. The molecule has 24 heavy (non-hydrogen) atoms. The van der Waals surface area contributed by atoms with Crippen molar-refractivity contribution in [2.45, 2.75) is 64.9 Å². The monoisotopic (exact) mass is 334 g/mol. The predicted molar refractivity (Wildman–Crippen MR) is 94.8 cm³/mol. The lowest BCUT2D eigenvalue weighted by Crippen LogP contribution is -2.36. The van der Waals surface area contributed by atoms with E-state index in [1.807, 2.05) is 30.3 Å². The van der Waals surface area contributed by atoms with Crippen LogP contribution in [0.2, 0.25) is 0 Å². The number of nitrogens with zero attached hydrogens (tertiary/aromatic N) is 1. The fourth-order valence-electron chi connectivity index (χ4n) is 2.34. The van der Waals surface area contributed by atoms with Crippen molar-refractivity contribution in [2.75, 3.05) is 6.67 Å². The summed E-state index contributed by atoms with van der Waals surface area (Å²) < 4.78 is 0. The first kappa shape index (κ1) is 20.2. The second-order valence-electron chi connectivity index (χ2n) is 5.91. The molecule has 0 fully saturated rings. The molecule has 0 atom stereocenters. The SMILES string of the molecule is CCCCCCCCCC(=O)NCN(C=O)OCc1ccccc1. The molecule has 0 aliphatic heterocycles. The van der Waals surface area contributed by atoms with Crippen LogP contribution in [0.1, 0.15) is 63.9 Å². The van der Waals surface area contributed by atoms with Gasteiger partial charge in [-0.2, -0.15) is 0 Å². The minimum absolute atomic E-state index is 0.0429. The van der Waals surface area contributed by atoms with Crippen LogP contribution in [0, 0.1) is 0 Å². The molecule has 1 N–H and O–H groups in total. The molecule has 0 spiro atoms. The topological polar surface area (TPSA) is 58.6 Å². The highest BCUT2D eigenvalue weighted by Crippen LogP contribution is 2.08. The third-order valence-corrected chi connectivity index (χ3v) is 3.80. The number of unbranched alkanes of at least 4 members (excludes halogenated alkanes) is 6. The molecule has 134 valence electrons. The molecule has 0 saturated carbocycles. The van der Waals surface area contributed by atoms with Gasteiger partial charge in [0.25, 0.3) is 0 Å². The molecule has 2 amide bonds. The van der Waals surface area contributed by atoms with Crippen molar-refractivity contribution in [3.8, 4) is 0 Å². The molecule has 0 saturated heterocycles. The van der Waals surface area contributed by atoms with Crippen molar-refractivity contribution in [3.63, 3.8) is 0 Å². The Bertz CT molecular complexity index is 451. The van der Waals surface area contributed by atoms with Crippen LogP contribution in [-0.2, 0) is 21.0 Å². The van der Waals surface area contributed by atoms with Crippen molar-refractivity contribution < 1.29 is 14.4 Å². The summed E-state index contributed by atoms with van der Waals surface area (Å²) in [5, 5.41) is 3.82. The van der Waals surface area contributed by atoms with E-state index in [1.54, 1.807) is 0 Å². The Morgan fingerprint density at radius 1 is 1.08 bits per heavy atom. The van der Waals surface area contributed by atoms with E-state index in [2.05, 4.69) is 12.2 Å². The van der Waals surface area contributed by atoms with Gasteiger partial charge in [-0.15, -0.1) is 0 Å². The van der Waals surface area contributed by atoms with Gasteiger partial charge in [0.2, 0.25) is 12.3 Å². The van der Waals surface area contributed by atoms with Crippen LogP contribution in [-0.4, -0.2) is 24.0 Å².